The first-order valence-corrected chi connectivity index (χ1v) is 16.1. The van der Waals surface area contributed by atoms with Crippen molar-refractivity contribution in [2.24, 2.45) is 0 Å². The monoisotopic (exact) mass is 625 g/mol. The fourth-order valence-corrected chi connectivity index (χ4v) is 6.21. The lowest BCUT2D eigenvalue weighted by Gasteiger charge is -2.33. The van der Waals surface area contributed by atoms with Gasteiger partial charge in [0.2, 0.25) is 11.8 Å². The molecule has 3 aromatic rings. The summed E-state index contributed by atoms with van der Waals surface area (Å²) in [7, 11) is -1.42. The maximum absolute atomic E-state index is 14.2. The molecule has 0 saturated heterocycles. The van der Waals surface area contributed by atoms with E-state index in [0.717, 1.165) is 9.87 Å². The van der Waals surface area contributed by atoms with Crippen LogP contribution in [0, 0.1) is 0 Å². The van der Waals surface area contributed by atoms with Crippen LogP contribution in [0.1, 0.15) is 39.7 Å². The molecule has 0 aliphatic heterocycles. The Kier molecular flexibility index (Phi) is 12.5. The molecule has 3 rings (SSSR count). The molecule has 3 aromatic carbocycles. The first-order chi connectivity index (χ1) is 21.0. The van der Waals surface area contributed by atoms with Gasteiger partial charge in [-0.25, -0.2) is 8.42 Å². The van der Waals surface area contributed by atoms with Crippen molar-refractivity contribution in [1.82, 2.24) is 10.2 Å². The molecule has 1 atom stereocenters. The molecular formula is C33H43N3O7S. The molecule has 0 bridgehead atoms. The van der Waals surface area contributed by atoms with Crippen LogP contribution in [0.15, 0.2) is 77.7 Å². The number of rotatable bonds is 16. The highest BCUT2D eigenvalue weighted by Gasteiger charge is 2.34. The summed E-state index contributed by atoms with van der Waals surface area (Å²) < 4.78 is 45.7. The van der Waals surface area contributed by atoms with Gasteiger partial charge in [-0.3, -0.25) is 13.9 Å². The van der Waals surface area contributed by atoms with E-state index >= 15 is 0 Å². The van der Waals surface area contributed by atoms with Crippen molar-refractivity contribution in [2.45, 2.75) is 57.5 Å². The van der Waals surface area contributed by atoms with E-state index < -0.39 is 28.5 Å². The summed E-state index contributed by atoms with van der Waals surface area (Å²) in [6, 6.07) is 19.5. The van der Waals surface area contributed by atoms with E-state index in [1.54, 1.807) is 24.3 Å². The van der Waals surface area contributed by atoms with Crippen LogP contribution in [-0.4, -0.2) is 71.1 Å². The Morgan fingerprint density at radius 3 is 2.11 bits per heavy atom. The van der Waals surface area contributed by atoms with Crippen LogP contribution >= 0.6 is 0 Å². The van der Waals surface area contributed by atoms with E-state index in [9.17, 15) is 18.0 Å². The van der Waals surface area contributed by atoms with Crippen LogP contribution in [0.4, 0.5) is 5.69 Å². The average molecular weight is 626 g/mol. The van der Waals surface area contributed by atoms with Crippen molar-refractivity contribution >= 4 is 27.5 Å². The molecule has 1 N–H and O–H groups in total. The molecule has 238 valence electrons. The number of methoxy groups -OCH3 is 2. The molecule has 0 heterocycles. The largest absolute Gasteiger partial charge is 0.494 e. The van der Waals surface area contributed by atoms with Crippen molar-refractivity contribution in [3.8, 4) is 17.2 Å². The van der Waals surface area contributed by atoms with E-state index in [1.165, 1.54) is 37.3 Å². The molecule has 0 fully saturated rings. The van der Waals surface area contributed by atoms with Gasteiger partial charge < -0.3 is 24.4 Å². The Labute approximate surface area is 261 Å². The first kappa shape index (κ1) is 34.2. The van der Waals surface area contributed by atoms with Crippen LogP contribution in [-0.2, 0) is 26.0 Å². The predicted octanol–water partition coefficient (Wildman–Crippen LogP) is 4.67. The van der Waals surface area contributed by atoms with Crippen LogP contribution in [0.2, 0.25) is 0 Å². The second-order valence-corrected chi connectivity index (χ2v) is 12.2. The van der Waals surface area contributed by atoms with Crippen molar-refractivity contribution in [3.05, 3.63) is 78.4 Å². The number of hydrogen-bond donors (Lipinski definition) is 1. The molecule has 0 spiro atoms. The Hall–Kier alpha value is -4.25. The normalized spacial score (nSPS) is 11.9. The van der Waals surface area contributed by atoms with Gasteiger partial charge in [-0.15, -0.1) is 0 Å². The van der Waals surface area contributed by atoms with Crippen LogP contribution in [0.3, 0.4) is 0 Å². The van der Waals surface area contributed by atoms with E-state index in [2.05, 4.69) is 5.32 Å². The zero-order valence-electron chi connectivity index (χ0n) is 26.3. The van der Waals surface area contributed by atoms with Crippen molar-refractivity contribution in [3.63, 3.8) is 0 Å². The molecule has 0 radical (unpaired) electrons. The quantitative estimate of drug-likeness (QED) is 0.246. The lowest BCUT2D eigenvalue weighted by atomic mass is 10.1. The van der Waals surface area contributed by atoms with E-state index in [-0.39, 0.29) is 34.8 Å². The third-order valence-corrected chi connectivity index (χ3v) is 8.73. The van der Waals surface area contributed by atoms with Gasteiger partial charge in [-0.05, 0) is 75.6 Å². The van der Waals surface area contributed by atoms with Crippen LogP contribution in [0.5, 0.6) is 17.2 Å². The molecule has 2 amide bonds. The molecular weight excluding hydrogens is 582 g/mol. The van der Waals surface area contributed by atoms with E-state index in [1.807, 2.05) is 58.0 Å². The number of carbonyl (C=O) groups excluding carboxylic acids is 2. The summed E-state index contributed by atoms with van der Waals surface area (Å²) in [6.07, 6.45) is 0.841. The number of ether oxygens (including phenoxy) is 3. The topological polar surface area (TPSA) is 114 Å². The lowest BCUT2D eigenvalue weighted by molar-refractivity contribution is -0.139. The fraction of sp³-hybridized carbons (Fsp3) is 0.394. The fourth-order valence-electron chi connectivity index (χ4n) is 4.78. The number of benzene rings is 3. The molecule has 44 heavy (non-hydrogen) atoms. The summed E-state index contributed by atoms with van der Waals surface area (Å²) >= 11 is 0. The van der Waals surface area contributed by atoms with E-state index in [0.29, 0.717) is 30.9 Å². The summed E-state index contributed by atoms with van der Waals surface area (Å²) in [5.74, 6) is 0.354. The molecule has 10 nitrogen and oxygen atoms in total. The van der Waals surface area contributed by atoms with Gasteiger partial charge in [-0.1, -0.05) is 37.3 Å². The maximum atomic E-state index is 14.2. The second kappa shape index (κ2) is 16.0. The summed E-state index contributed by atoms with van der Waals surface area (Å²) in [5.41, 5.74) is 1.25. The van der Waals surface area contributed by atoms with Gasteiger partial charge in [0.1, 0.15) is 18.3 Å². The molecule has 0 aliphatic carbocycles. The Morgan fingerprint density at radius 1 is 0.886 bits per heavy atom. The minimum atomic E-state index is -4.30. The number of sulfonamides is 1. The number of amides is 2. The minimum absolute atomic E-state index is 0.0859. The predicted molar refractivity (Wildman–Crippen MR) is 171 cm³/mol. The van der Waals surface area contributed by atoms with Crippen LogP contribution in [0.25, 0.3) is 0 Å². The number of carbonyl (C=O) groups is 2. The smallest absolute Gasteiger partial charge is 0.264 e. The van der Waals surface area contributed by atoms with Gasteiger partial charge in [0.25, 0.3) is 10.0 Å². The highest BCUT2D eigenvalue weighted by molar-refractivity contribution is 7.92. The number of hydrogen-bond acceptors (Lipinski definition) is 7. The lowest BCUT2D eigenvalue weighted by Crippen LogP contribution is -2.54. The van der Waals surface area contributed by atoms with Crippen molar-refractivity contribution in [1.29, 1.82) is 0 Å². The Balaban J connectivity index is 2.07. The number of anilines is 1. The number of nitrogens with zero attached hydrogens (tertiary/aromatic N) is 2. The Morgan fingerprint density at radius 2 is 1.55 bits per heavy atom. The zero-order valence-corrected chi connectivity index (χ0v) is 27.1. The minimum Gasteiger partial charge on any atom is -0.494 e. The zero-order chi connectivity index (χ0) is 32.3. The first-order valence-electron chi connectivity index (χ1n) is 14.7. The summed E-state index contributed by atoms with van der Waals surface area (Å²) in [5, 5.41) is 2.91. The third kappa shape index (κ3) is 8.66. The average Bonchev–Trinajstić information content (AvgIpc) is 3.02. The molecule has 11 heteroatoms. The third-order valence-electron chi connectivity index (χ3n) is 6.96. The van der Waals surface area contributed by atoms with Gasteiger partial charge in [0, 0.05) is 18.7 Å². The summed E-state index contributed by atoms with van der Waals surface area (Å²) in [4.78, 5) is 28.8. The molecule has 0 saturated carbocycles. The van der Waals surface area contributed by atoms with Gasteiger partial charge >= 0.3 is 0 Å². The summed E-state index contributed by atoms with van der Waals surface area (Å²) in [6.45, 7) is 7.51. The Bertz CT molecular complexity index is 1480. The second-order valence-electron chi connectivity index (χ2n) is 10.4. The standard InChI is InChI=1S/C33H43N3O7S/c1-7-29(33(38)34-24(3)4)35(21-20-25-12-10-9-11-13-25)32(37)23-36(26-14-16-27(17-15-26)43-8-2)44(39,40)28-18-19-30(41-5)31(22-28)42-6/h9-19,22,24,29H,7-8,20-21,23H2,1-6H3,(H,34,38). The van der Waals surface area contributed by atoms with Crippen molar-refractivity contribution < 1.29 is 32.2 Å². The van der Waals surface area contributed by atoms with Crippen molar-refractivity contribution in [2.75, 3.05) is 38.2 Å². The highest BCUT2D eigenvalue weighted by Crippen LogP contribution is 2.33. The van der Waals surface area contributed by atoms with Gasteiger partial charge in [0.15, 0.2) is 11.5 Å². The molecule has 1 unspecified atom stereocenters. The number of nitrogens with one attached hydrogen (secondary N) is 1. The van der Waals surface area contributed by atoms with Crippen LogP contribution < -0.4 is 23.8 Å². The van der Waals surface area contributed by atoms with Gasteiger partial charge in [0.05, 0.1) is 31.4 Å². The van der Waals surface area contributed by atoms with Gasteiger partial charge in [-0.2, -0.15) is 0 Å². The highest BCUT2D eigenvalue weighted by atomic mass is 32.2. The SMILES string of the molecule is CCOc1ccc(N(CC(=O)N(CCc2ccccc2)C(CC)C(=O)NC(C)C)S(=O)(=O)c2ccc(OC)c(OC)c2)cc1. The molecule has 0 aromatic heterocycles. The molecule has 0 aliphatic rings. The maximum Gasteiger partial charge on any atom is 0.264 e. The van der Waals surface area contributed by atoms with E-state index in [4.69, 9.17) is 14.2 Å².